The van der Waals surface area contributed by atoms with Crippen LogP contribution in [0.25, 0.3) is 0 Å². The minimum absolute atomic E-state index is 0.240. The second kappa shape index (κ2) is 5.39. The molecule has 1 heterocycles. The highest BCUT2D eigenvalue weighted by atomic mass is 19.1. The number of hydrogen-bond acceptors (Lipinski definition) is 2. The van der Waals surface area contributed by atoms with Gasteiger partial charge in [0.05, 0.1) is 0 Å². The van der Waals surface area contributed by atoms with Gasteiger partial charge in [0.1, 0.15) is 5.82 Å². The van der Waals surface area contributed by atoms with Gasteiger partial charge in [0.25, 0.3) is 0 Å². The van der Waals surface area contributed by atoms with E-state index in [1.165, 1.54) is 31.7 Å². The Morgan fingerprint density at radius 1 is 1.29 bits per heavy atom. The molecule has 94 valence electrons. The van der Waals surface area contributed by atoms with Gasteiger partial charge < -0.3 is 10.6 Å². The van der Waals surface area contributed by atoms with E-state index in [0.29, 0.717) is 5.69 Å². The third-order valence-corrected chi connectivity index (χ3v) is 3.58. The van der Waals surface area contributed by atoms with E-state index in [0.717, 1.165) is 24.7 Å². The summed E-state index contributed by atoms with van der Waals surface area (Å²) in [5.41, 5.74) is 7.11. The first kappa shape index (κ1) is 12.2. The number of rotatable bonds is 3. The monoisotopic (exact) mass is 236 g/mol. The SMILES string of the molecule is CCCC1CCN(c2cc(N)cc(F)c2)CC1. The van der Waals surface area contributed by atoms with Crippen LogP contribution in [-0.4, -0.2) is 13.1 Å². The van der Waals surface area contributed by atoms with Crippen molar-refractivity contribution in [1.29, 1.82) is 0 Å². The van der Waals surface area contributed by atoms with Crippen LogP contribution in [0.15, 0.2) is 18.2 Å². The summed E-state index contributed by atoms with van der Waals surface area (Å²) in [5.74, 6) is 0.609. The maximum absolute atomic E-state index is 13.3. The highest BCUT2D eigenvalue weighted by Crippen LogP contribution is 2.27. The van der Waals surface area contributed by atoms with Crippen LogP contribution in [0.3, 0.4) is 0 Å². The van der Waals surface area contributed by atoms with Gasteiger partial charge in [-0.25, -0.2) is 4.39 Å². The molecule has 1 saturated heterocycles. The van der Waals surface area contributed by atoms with Gasteiger partial charge in [0, 0.05) is 24.5 Å². The minimum atomic E-state index is -0.240. The molecule has 1 aromatic rings. The molecule has 2 rings (SSSR count). The van der Waals surface area contributed by atoms with Gasteiger partial charge in [-0.1, -0.05) is 19.8 Å². The molecule has 0 amide bonds. The molecule has 0 aromatic heterocycles. The maximum Gasteiger partial charge on any atom is 0.127 e. The van der Waals surface area contributed by atoms with Crippen LogP contribution in [0.1, 0.15) is 32.6 Å². The number of nitrogens with zero attached hydrogens (tertiary/aromatic N) is 1. The zero-order valence-electron chi connectivity index (χ0n) is 10.5. The van der Waals surface area contributed by atoms with E-state index < -0.39 is 0 Å². The second-order valence-corrected chi connectivity index (χ2v) is 4.96. The Balaban J connectivity index is 2.00. The minimum Gasteiger partial charge on any atom is -0.399 e. The van der Waals surface area contributed by atoms with Crippen molar-refractivity contribution in [2.45, 2.75) is 32.6 Å². The Morgan fingerprint density at radius 3 is 2.59 bits per heavy atom. The number of nitrogen functional groups attached to an aromatic ring is 1. The topological polar surface area (TPSA) is 29.3 Å². The number of nitrogens with two attached hydrogens (primary N) is 1. The summed E-state index contributed by atoms with van der Waals surface area (Å²) in [4.78, 5) is 2.24. The van der Waals surface area contributed by atoms with Gasteiger partial charge >= 0.3 is 0 Å². The Morgan fingerprint density at radius 2 is 2.00 bits per heavy atom. The molecule has 3 heteroatoms. The zero-order valence-corrected chi connectivity index (χ0v) is 10.5. The van der Waals surface area contributed by atoms with E-state index in [1.807, 2.05) is 6.07 Å². The van der Waals surface area contributed by atoms with Crippen LogP contribution in [-0.2, 0) is 0 Å². The third-order valence-electron chi connectivity index (χ3n) is 3.58. The van der Waals surface area contributed by atoms with Gasteiger partial charge in [-0.3, -0.25) is 0 Å². The van der Waals surface area contributed by atoms with Gasteiger partial charge in [-0.2, -0.15) is 0 Å². The summed E-state index contributed by atoms with van der Waals surface area (Å²) < 4.78 is 13.3. The van der Waals surface area contributed by atoms with Crippen molar-refractivity contribution in [1.82, 2.24) is 0 Å². The molecular weight excluding hydrogens is 215 g/mol. The van der Waals surface area contributed by atoms with Crippen LogP contribution in [0.2, 0.25) is 0 Å². The largest absolute Gasteiger partial charge is 0.399 e. The second-order valence-electron chi connectivity index (χ2n) is 4.96. The van der Waals surface area contributed by atoms with Crippen molar-refractivity contribution < 1.29 is 4.39 Å². The summed E-state index contributed by atoms with van der Waals surface area (Å²) in [7, 11) is 0. The molecule has 0 spiro atoms. The van der Waals surface area contributed by atoms with Crippen LogP contribution >= 0.6 is 0 Å². The molecule has 1 aliphatic heterocycles. The molecule has 1 fully saturated rings. The molecule has 0 atom stereocenters. The van der Waals surface area contributed by atoms with Gasteiger partial charge in [-0.15, -0.1) is 0 Å². The summed E-state index contributed by atoms with van der Waals surface area (Å²) >= 11 is 0. The van der Waals surface area contributed by atoms with E-state index in [1.54, 1.807) is 6.07 Å². The lowest BCUT2D eigenvalue weighted by Crippen LogP contribution is -2.33. The molecule has 2 nitrogen and oxygen atoms in total. The van der Waals surface area contributed by atoms with Crippen molar-refractivity contribution in [3.8, 4) is 0 Å². The molecule has 0 saturated carbocycles. The molecule has 1 aromatic carbocycles. The maximum atomic E-state index is 13.3. The fourth-order valence-corrected chi connectivity index (χ4v) is 2.67. The van der Waals surface area contributed by atoms with Crippen molar-refractivity contribution in [3.05, 3.63) is 24.0 Å². The van der Waals surface area contributed by atoms with Gasteiger partial charge in [0.2, 0.25) is 0 Å². The van der Waals surface area contributed by atoms with Crippen LogP contribution in [0.4, 0.5) is 15.8 Å². The third kappa shape index (κ3) is 3.11. The smallest absolute Gasteiger partial charge is 0.127 e. The first-order valence-electron chi connectivity index (χ1n) is 6.50. The number of piperidine rings is 1. The average molecular weight is 236 g/mol. The molecule has 1 aliphatic rings. The zero-order chi connectivity index (χ0) is 12.3. The number of hydrogen-bond donors (Lipinski definition) is 1. The molecule has 2 N–H and O–H groups in total. The predicted molar refractivity (Wildman–Crippen MR) is 70.7 cm³/mol. The first-order valence-corrected chi connectivity index (χ1v) is 6.50. The standard InChI is InChI=1S/C14H21FN2/c1-2-3-11-4-6-17(7-5-11)14-9-12(15)8-13(16)10-14/h8-11H,2-7,16H2,1H3. The van der Waals surface area contributed by atoms with Crippen LogP contribution in [0, 0.1) is 11.7 Å². The van der Waals surface area contributed by atoms with Crippen molar-refractivity contribution in [3.63, 3.8) is 0 Å². The number of anilines is 2. The lowest BCUT2D eigenvalue weighted by atomic mass is 9.92. The average Bonchev–Trinajstić information content (AvgIpc) is 2.29. The van der Waals surface area contributed by atoms with E-state index >= 15 is 0 Å². The summed E-state index contributed by atoms with van der Waals surface area (Å²) in [6.45, 7) is 4.28. The van der Waals surface area contributed by atoms with Gasteiger partial charge in [0.15, 0.2) is 0 Å². The lowest BCUT2D eigenvalue weighted by Gasteiger charge is -2.33. The molecule has 0 bridgehead atoms. The molecule has 0 radical (unpaired) electrons. The van der Waals surface area contributed by atoms with E-state index in [4.69, 9.17) is 5.73 Å². The Labute approximate surface area is 103 Å². The summed E-state index contributed by atoms with van der Waals surface area (Å²) in [6.07, 6.45) is 5.01. The number of benzene rings is 1. The Kier molecular flexibility index (Phi) is 3.87. The van der Waals surface area contributed by atoms with Crippen molar-refractivity contribution in [2.75, 3.05) is 23.7 Å². The molecule has 0 unspecified atom stereocenters. The molecule has 0 aliphatic carbocycles. The molecular formula is C14H21FN2. The van der Waals surface area contributed by atoms with Gasteiger partial charge in [-0.05, 0) is 37.0 Å². The lowest BCUT2D eigenvalue weighted by molar-refractivity contribution is 0.378. The van der Waals surface area contributed by atoms with Crippen molar-refractivity contribution >= 4 is 11.4 Å². The van der Waals surface area contributed by atoms with Crippen LogP contribution in [0.5, 0.6) is 0 Å². The van der Waals surface area contributed by atoms with Crippen LogP contribution < -0.4 is 10.6 Å². The summed E-state index contributed by atoms with van der Waals surface area (Å²) in [6, 6.07) is 4.81. The highest BCUT2D eigenvalue weighted by Gasteiger charge is 2.19. The van der Waals surface area contributed by atoms with E-state index in [2.05, 4.69) is 11.8 Å². The summed E-state index contributed by atoms with van der Waals surface area (Å²) in [5, 5.41) is 0. The highest BCUT2D eigenvalue weighted by molar-refractivity contribution is 5.56. The predicted octanol–water partition coefficient (Wildman–Crippen LogP) is 3.42. The van der Waals surface area contributed by atoms with E-state index in [9.17, 15) is 4.39 Å². The fraction of sp³-hybridized carbons (Fsp3) is 0.571. The molecule has 17 heavy (non-hydrogen) atoms. The number of halogens is 1. The Bertz CT molecular complexity index is 350. The Hall–Kier alpha value is -1.25. The first-order chi connectivity index (χ1) is 8.19. The van der Waals surface area contributed by atoms with E-state index in [-0.39, 0.29) is 5.82 Å². The quantitative estimate of drug-likeness (QED) is 0.815. The normalized spacial score (nSPS) is 17.4. The fourth-order valence-electron chi connectivity index (χ4n) is 2.67. The van der Waals surface area contributed by atoms with Crippen molar-refractivity contribution in [2.24, 2.45) is 5.92 Å².